The number of aryl methyl sites for hydroxylation is 1. The van der Waals surface area contributed by atoms with Crippen molar-refractivity contribution in [2.75, 3.05) is 0 Å². The first-order valence-electron chi connectivity index (χ1n) is 6.20. The van der Waals surface area contributed by atoms with Crippen LogP contribution >= 0.6 is 12.2 Å². The van der Waals surface area contributed by atoms with Gasteiger partial charge in [0.2, 0.25) is 0 Å². The predicted molar refractivity (Wildman–Crippen MR) is 77.7 cm³/mol. The third-order valence-electron chi connectivity index (χ3n) is 3.34. The van der Waals surface area contributed by atoms with Gasteiger partial charge >= 0.3 is 0 Å². The van der Waals surface area contributed by atoms with Crippen molar-refractivity contribution in [3.63, 3.8) is 0 Å². The Balaban J connectivity index is 2.04. The average molecular weight is 286 g/mol. The highest BCUT2D eigenvalue weighted by molar-refractivity contribution is 7.71. The predicted octanol–water partition coefficient (Wildman–Crippen LogP) is 2.09. The fraction of sp³-hybridized carbons (Fsp3) is 0.231. The molecule has 20 heavy (non-hydrogen) atoms. The molecule has 3 heterocycles. The molecule has 0 aliphatic rings. The summed E-state index contributed by atoms with van der Waals surface area (Å²) in [7, 11) is 1.93. The molecule has 6 nitrogen and oxygen atoms in total. The summed E-state index contributed by atoms with van der Waals surface area (Å²) in [5.41, 5.74) is 3.17. The lowest BCUT2D eigenvalue weighted by Crippen LogP contribution is -2.04. The van der Waals surface area contributed by atoms with Crippen LogP contribution in [0.2, 0.25) is 0 Å². The molecule has 0 unspecified atom stereocenters. The number of aromatic nitrogens is 6. The maximum atomic E-state index is 5.32. The second kappa shape index (κ2) is 5.01. The van der Waals surface area contributed by atoms with Gasteiger partial charge in [0.25, 0.3) is 0 Å². The second-order valence-corrected chi connectivity index (χ2v) is 4.95. The molecule has 3 rings (SSSR count). The van der Waals surface area contributed by atoms with E-state index in [4.69, 9.17) is 12.2 Å². The molecule has 0 bridgehead atoms. The zero-order chi connectivity index (χ0) is 14.1. The zero-order valence-electron chi connectivity index (χ0n) is 11.2. The number of H-pyrrole nitrogens is 1. The highest BCUT2D eigenvalue weighted by Gasteiger charge is 2.12. The highest BCUT2D eigenvalue weighted by Crippen LogP contribution is 2.18. The van der Waals surface area contributed by atoms with Gasteiger partial charge in [-0.15, -0.1) is 0 Å². The first-order chi connectivity index (χ1) is 9.66. The van der Waals surface area contributed by atoms with E-state index in [1.807, 2.05) is 41.5 Å². The van der Waals surface area contributed by atoms with E-state index in [0.717, 1.165) is 22.6 Å². The SMILES string of the molecule is Cc1c(Cn2c(-c3cccnc3)n[nH]c2=S)cnn1C. The van der Waals surface area contributed by atoms with E-state index in [2.05, 4.69) is 20.3 Å². The van der Waals surface area contributed by atoms with Crippen LogP contribution in [0, 0.1) is 11.7 Å². The van der Waals surface area contributed by atoms with Crippen LogP contribution in [0.5, 0.6) is 0 Å². The number of hydrogen-bond donors (Lipinski definition) is 1. The van der Waals surface area contributed by atoms with Crippen LogP contribution in [0.25, 0.3) is 11.4 Å². The summed E-state index contributed by atoms with van der Waals surface area (Å²) in [6.07, 6.45) is 5.37. The first kappa shape index (κ1) is 12.7. The molecule has 0 spiro atoms. The van der Waals surface area contributed by atoms with Crippen LogP contribution in [-0.4, -0.2) is 29.5 Å². The molecular formula is C13H14N6S. The minimum Gasteiger partial charge on any atom is -0.295 e. The summed E-state index contributed by atoms with van der Waals surface area (Å²) in [5, 5.41) is 11.4. The Morgan fingerprint density at radius 3 is 2.85 bits per heavy atom. The Morgan fingerprint density at radius 1 is 1.35 bits per heavy atom. The monoisotopic (exact) mass is 286 g/mol. The molecule has 0 atom stereocenters. The normalized spacial score (nSPS) is 10.9. The zero-order valence-corrected chi connectivity index (χ0v) is 12.1. The number of hydrogen-bond acceptors (Lipinski definition) is 4. The van der Waals surface area contributed by atoms with Gasteiger partial charge in [0, 0.05) is 36.3 Å². The van der Waals surface area contributed by atoms with E-state index in [-0.39, 0.29) is 0 Å². The molecule has 0 saturated heterocycles. The molecule has 0 aliphatic carbocycles. The number of pyridine rings is 1. The van der Waals surface area contributed by atoms with Gasteiger partial charge in [-0.2, -0.15) is 10.2 Å². The molecule has 3 aromatic rings. The van der Waals surface area contributed by atoms with Crippen molar-refractivity contribution in [1.29, 1.82) is 0 Å². The molecular weight excluding hydrogens is 272 g/mol. The lowest BCUT2D eigenvalue weighted by atomic mass is 10.2. The smallest absolute Gasteiger partial charge is 0.195 e. The highest BCUT2D eigenvalue weighted by atomic mass is 32.1. The van der Waals surface area contributed by atoms with Gasteiger partial charge in [0.05, 0.1) is 12.7 Å². The molecule has 0 radical (unpaired) electrons. The Bertz CT molecular complexity index is 783. The molecule has 0 aromatic carbocycles. The van der Waals surface area contributed by atoms with Crippen LogP contribution in [0.3, 0.4) is 0 Å². The molecule has 0 fully saturated rings. The lowest BCUT2D eigenvalue weighted by Gasteiger charge is -2.06. The van der Waals surface area contributed by atoms with Gasteiger partial charge in [-0.3, -0.25) is 19.3 Å². The number of nitrogens with one attached hydrogen (secondary N) is 1. The molecule has 0 saturated carbocycles. The molecule has 3 aromatic heterocycles. The van der Waals surface area contributed by atoms with Crippen molar-refractivity contribution >= 4 is 12.2 Å². The standard InChI is InChI=1S/C13H14N6S/c1-9-11(7-15-18(9)2)8-19-12(16-17-13(19)20)10-4-3-5-14-6-10/h3-7H,8H2,1-2H3,(H,17,20). The van der Waals surface area contributed by atoms with Crippen LogP contribution in [0.1, 0.15) is 11.3 Å². The van der Waals surface area contributed by atoms with Crippen molar-refractivity contribution in [2.24, 2.45) is 7.05 Å². The third-order valence-corrected chi connectivity index (χ3v) is 3.66. The summed E-state index contributed by atoms with van der Waals surface area (Å²) < 4.78 is 4.39. The van der Waals surface area contributed by atoms with Crippen LogP contribution < -0.4 is 0 Å². The largest absolute Gasteiger partial charge is 0.295 e. The van der Waals surface area contributed by atoms with Gasteiger partial charge in [-0.25, -0.2) is 0 Å². The fourth-order valence-electron chi connectivity index (χ4n) is 2.05. The average Bonchev–Trinajstić information content (AvgIpc) is 2.98. The van der Waals surface area contributed by atoms with Crippen LogP contribution in [0.15, 0.2) is 30.7 Å². The first-order valence-corrected chi connectivity index (χ1v) is 6.60. The van der Waals surface area contributed by atoms with Crippen molar-refractivity contribution in [3.8, 4) is 11.4 Å². The maximum Gasteiger partial charge on any atom is 0.195 e. The summed E-state index contributed by atoms with van der Waals surface area (Å²) in [5.74, 6) is 0.784. The van der Waals surface area contributed by atoms with Crippen LogP contribution in [-0.2, 0) is 13.6 Å². The Kier molecular flexibility index (Phi) is 3.19. The van der Waals surface area contributed by atoms with Gasteiger partial charge in [0.15, 0.2) is 10.6 Å². The van der Waals surface area contributed by atoms with Gasteiger partial charge in [-0.05, 0) is 31.3 Å². The minimum absolute atomic E-state index is 0.590. The van der Waals surface area contributed by atoms with E-state index >= 15 is 0 Å². The van der Waals surface area contributed by atoms with Gasteiger partial charge in [-0.1, -0.05) is 0 Å². The Labute approximate surface area is 121 Å². The summed E-state index contributed by atoms with van der Waals surface area (Å²) >= 11 is 5.32. The summed E-state index contributed by atoms with van der Waals surface area (Å²) in [4.78, 5) is 4.12. The van der Waals surface area contributed by atoms with E-state index < -0.39 is 0 Å². The van der Waals surface area contributed by atoms with Crippen molar-refractivity contribution in [2.45, 2.75) is 13.5 Å². The topological polar surface area (TPSA) is 64.3 Å². The number of nitrogens with zero attached hydrogens (tertiary/aromatic N) is 5. The van der Waals surface area contributed by atoms with Gasteiger partial charge < -0.3 is 0 Å². The fourth-order valence-corrected chi connectivity index (χ4v) is 2.25. The van der Waals surface area contributed by atoms with Crippen molar-refractivity contribution < 1.29 is 0 Å². The molecule has 1 N–H and O–H groups in total. The molecule has 7 heteroatoms. The number of rotatable bonds is 3. The van der Waals surface area contributed by atoms with Gasteiger partial charge in [0.1, 0.15) is 0 Å². The molecule has 0 amide bonds. The quantitative estimate of drug-likeness (QED) is 0.749. The summed E-state index contributed by atoms with van der Waals surface area (Å²) in [6.45, 7) is 2.68. The summed E-state index contributed by atoms with van der Waals surface area (Å²) in [6, 6.07) is 3.84. The number of aromatic amines is 1. The molecule has 0 aliphatic heterocycles. The van der Waals surface area contributed by atoms with E-state index in [0.29, 0.717) is 11.3 Å². The van der Waals surface area contributed by atoms with Crippen molar-refractivity contribution in [3.05, 3.63) is 46.8 Å². The van der Waals surface area contributed by atoms with E-state index in [1.165, 1.54) is 0 Å². The Hall–Kier alpha value is -2.28. The van der Waals surface area contributed by atoms with E-state index in [9.17, 15) is 0 Å². The lowest BCUT2D eigenvalue weighted by molar-refractivity contribution is 0.730. The second-order valence-electron chi connectivity index (χ2n) is 4.56. The van der Waals surface area contributed by atoms with Crippen molar-refractivity contribution in [1.82, 2.24) is 29.5 Å². The maximum absolute atomic E-state index is 5.32. The van der Waals surface area contributed by atoms with Crippen LogP contribution in [0.4, 0.5) is 0 Å². The Morgan fingerprint density at radius 2 is 2.20 bits per heavy atom. The minimum atomic E-state index is 0.590. The third kappa shape index (κ3) is 2.16. The molecule has 102 valence electrons. The van der Waals surface area contributed by atoms with E-state index in [1.54, 1.807) is 12.4 Å².